The standard InChI is InChI=1S/C37H39Cl2N9O3/c1-22(49)48-14-12-47(13-15-48)21-23-20-46(2)36-35(23)42-19-29(44-36)27-8-4-6-25(33(27)38)26-7-5-9-28(34(26)39)30-18-41-31(37(45-30)51-3)17-40-16-24-10-11-32(50)43-24/h4-9,18-20,24,40H,10-17,21H2,1-3H3,(H,43,50). The zero-order valence-corrected chi connectivity index (χ0v) is 30.3. The smallest absolute Gasteiger partial charge is 0.237 e. The van der Waals surface area contributed by atoms with Crippen molar-refractivity contribution >= 4 is 46.2 Å². The van der Waals surface area contributed by atoms with Gasteiger partial charge in [0.25, 0.3) is 0 Å². The van der Waals surface area contributed by atoms with Crippen LogP contribution >= 0.6 is 23.2 Å². The molecule has 12 nitrogen and oxygen atoms in total. The van der Waals surface area contributed by atoms with Gasteiger partial charge in [-0.1, -0.05) is 59.6 Å². The molecule has 0 bridgehead atoms. The van der Waals surface area contributed by atoms with Gasteiger partial charge in [-0.25, -0.2) is 9.97 Å². The maximum Gasteiger partial charge on any atom is 0.237 e. The van der Waals surface area contributed by atoms with Crippen LogP contribution in [-0.2, 0) is 29.7 Å². The molecule has 1 unspecified atom stereocenters. The first kappa shape index (κ1) is 34.8. The number of hydrogen-bond acceptors (Lipinski definition) is 9. The average Bonchev–Trinajstić information content (AvgIpc) is 3.69. The fourth-order valence-corrected chi connectivity index (χ4v) is 7.45. The Labute approximate surface area is 306 Å². The number of hydrogen-bond donors (Lipinski definition) is 2. The molecule has 7 rings (SSSR count). The van der Waals surface area contributed by atoms with Gasteiger partial charge in [-0.05, 0) is 6.42 Å². The highest BCUT2D eigenvalue weighted by Gasteiger charge is 2.23. The van der Waals surface area contributed by atoms with Gasteiger partial charge in [0.1, 0.15) is 11.2 Å². The van der Waals surface area contributed by atoms with Gasteiger partial charge >= 0.3 is 0 Å². The van der Waals surface area contributed by atoms with E-state index in [0.717, 1.165) is 72.6 Å². The molecule has 5 aromatic rings. The Bertz CT molecular complexity index is 2110. The van der Waals surface area contributed by atoms with Crippen molar-refractivity contribution < 1.29 is 14.3 Å². The SMILES string of the molecule is COc1nc(-c2cccc(-c3cccc(-c4cnc5c(CN6CCN(C(C)=O)CC6)cn(C)c5n4)c3Cl)c2Cl)cnc1CNCC1CCC(=O)N1. The highest BCUT2D eigenvalue weighted by Crippen LogP contribution is 2.42. The Morgan fingerprint density at radius 2 is 1.61 bits per heavy atom. The fraction of sp³-hybridized carbons (Fsp3) is 0.351. The molecule has 2 N–H and O–H groups in total. The number of piperazine rings is 1. The minimum atomic E-state index is 0.0845. The van der Waals surface area contributed by atoms with Crippen molar-refractivity contribution in [2.24, 2.45) is 7.05 Å². The Kier molecular flexibility index (Phi) is 10.2. The first-order valence-corrected chi connectivity index (χ1v) is 17.7. The van der Waals surface area contributed by atoms with Crippen molar-refractivity contribution in [3.05, 3.63) is 76.3 Å². The van der Waals surface area contributed by atoms with Gasteiger partial charge in [-0.3, -0.25) is 24.5 Å². The lowest BCUT2D eigenvalue weighted by molar-refractivity contribution is -0.130. The van der Waals surface area contributed by atoms with Crippen LogP contribution in [0.15, 0.2) is 55.0 Å². The first-order valence-electron chi connectivity index (χ1n) is 17.0. The number of halogens is 2. The number of nitrogens with zero attached hydrogens (tertiary/aromatic N) is 7. The summed E-state index contributed by atoms with van der Waals surface area (Å²) in [6.07, 6.45) is 6.90. The Morgan fingerprint density at radius 3 is 2.24 bits per heavy atom. The zero-order chi connectivity index (χ0) is 35.6. The molecule has 2 aliphatic rings. The van der Waals surface area contributed by atoms with E-state index in [4.69, 9.17) is 42.9 Å². The lowest BCUT2D eigenvalue weighted by Gasteiger charge is -2.33. The second-order valence-corrected chi connectivity index (χ2v) is 13.7. The van der Waals surface area contributed by atoms with Crippen LogP contribution in [0.5, 0.6) is 5.88 Å². The van der Waals surface area contributed by atoms with E-state index in [1.165, 1.54) is 0 Å². The van der Waals surface area contributed by atoms with Crippen LogP contribution < -0.4 is 15.4 Å². The summed E-state index contributed by atoms with van der Waals surface area (Å²) in [7, 11) is 3.53. The largest absolute Gasteiger partial charge is 0.480 e. The molecule has 5 heterocycles. The molecule has 2 aromatic carbocycles. The molecule has 1 atom stereocenters. The summed E-state index contributed by atoms with van der Waals surface area (Å²) in [5.41, 5.74) is 7.50. The molecule has 14 heteroatoms. The molecule has 51 heavy (non-hydrogen) atoms. The molecule has 2 amide bonds. The summed E-state index contributed by atoms with van der Waals surface area (Å²) in [4.78, 5) is 46.7. The van der Waals surface area contributed by atoms with Crippen molar-refractivity contribution in [1.82, 2.24) is 44.9 Å². The van der Waals surface area contributed by atoms with Crippen LogP contribution in [0.1, 0.15) is 31.0 Å². The molecular formula is C37H39Cl2N9O3. The van der Waals surface area contributed by atoms with Crippen LogP contribution in [0.3, 0.4) is 0 Å². The molecule has 264 valence electrons. The van der Waals surface area contributed by atoms with Crippen molar-refractivity contribution in [3.8, 4) is 39.5 Å². The summed E-state index contributed by atoms with van der Waals surface area (Å²) in [5, 5.41) is 7.28. The number of aryl methyl sites for hydroxylation is 1. The fourth-order valence-electron chi connectivity index (χ4n) is 6.80. The van der Waals surface area contributed by atoms with E-state index in [-0.39, 0.29) is 17.9 Å². The molecular weight excluding hydrogens is 689 g/mol. The van der Waals surface area contributed by atoms with E-state index in [1.807, 2.05) is 52.9 Å². The van der Waals surface area contributed by atoms with Crippen molar-refractivity contribution in [2.45, 2.75) is 38.9 Å². The van der Waals surface area contributed by atoms with Crippen LogP contribution in [-0.4, -0.2) is 92.0 Å². The molecule has 3 aromatic heterocycles. The average molecular weight is 729 g/mol. The number of nitrogens with one attached hydrogen (secondary N) is 2. The second-order valence-electron chi connectivity index (χ2n) is 13.0. The maximum atomic E-state index is 11.8. The number of carbonyl (C=O) groups excluding carboxylic acids is 2. The molecule has 0 saturated carbocycles. The third-order valence-electron chi connectivity index (χ3n) is 9.57. The van der Waals surface area contributed by atoms with Gasteiger partial charge < -0.3 is 24.8 Å². The minimum Gasteiger partial charge on any atom is -0.480 e. The minimum absolute atomic E-state index is 0.0845. The zero-order valence-electron chi connectivity index (χ0n) is 28.7. The van der Waals surface area contributed by atoms with E-state index in [2.05, 4.69) is 26.7 Å². The summed E-state index contributed by atoms with van der Waals surface area (Å²) in [6.45, 7) is 6.53. The number of fused-ring (bicyclic) bond motifs is 1. The topological polar surface area (TPSA) is 130 Å². The predicted octanol–water partition coefficient (Wildman–Crippen LogP) is 5.11. The number of carbonyl (C=O) groups is 2. The van der Waals surface area contributed by atoms with E-state index in [9.17, 15) is 9.59 Å². The van der Waals surface area contributed by atoms with Crippen LogP contribution in [0.4, 0.5) is 0 Å². The summed E-state index contributed by atoms with van der Waals surface area (Å²) in [5.74, 6) is 0.598. The van der Waals surface area contributed by atoms with Crippen molar-refractivity contribution in [1.29, 1.82) is 0 Å². The van der Waals surface area contributed by atoms with Gasteiger partial charge in [-0.2, -0.15) is 0 Å². The lowest BCUT2D eigenvalue weighted by atomic mass is 9.98. The van der Waals surface area contributed by atoms with Crippen LogP contribution in [0.25, 0.3) is 44.8 Å². The number of methoxy groups -OCH3 is 1. The molecule has 0 spiro atoms. The summed E-state index contributed by atoms with van der Waals surface area (Å²) >= 11 is 14.2. The van der Waals surface area contributed by atoms with Crippen molar-refractivity contribution in [2.75, 3.05) is 39.8 Å². The normalized spacial score (nSPS) is 16.5. The van der Waals surface area contributed by atoms with E-state index < -0.39 is 0 Å². The maximum absolute atomic E-state index is 11.8. The Morgan fingerprint density at radius 1 is 0.961 bits per heavy atom. The number of aromatic nitrogens is 5. The van der Waals surface area contributed by atoms with Gasteiger partial charge in [0.2, 0.25) is 17.7 Å². The van der Waals surface area contributed by atoms with E-state index >= 15 is 0 Å². The summed E-state index contributed by atoms with van der Waals surface area (Å²) < 4.78 is 7.60. The summed E-state index contributed by atoms with van der Waals surface area (Å²) in [6, 6.07) is 11.6. The molecule has 2 aliphatic heterocycles. The molecule has 0 radical (unpaired) electrons. The van der Waals surface area contributed by atoms with Crippen LogP contribution in [0, 0.1) is 0 Å². The predicted molar refractivity (Wildman–Crippen MR) is 197 cm³/mol. The molecule has 2 fully saturated rings. The van der Waals surface area contributed by atoms with Gasteiger partial charge in [0, 0.05) is 106 Å². The van der Waals surface area contributed by atoms with E-state index in [1.54, 1.807) is 26.4 Å². The first-order chi connectivity index (χ1) is 24.7. The van der Waals surface area contributed by atoms with Crippen molar-refractivity contribution in [3.63, 3.8) is 0 Å². The van der Waals surface area contributed by atoms with Gasteiger partial charge in [0.05, 0.1) is 40.9 Å². The number of benzene rings is 2. The quantitative estimate of drug-likeness (QED) is 0.202. The monoisotopic (exact) mass is 727 g/mol. The highest BCUT2D eigenvalue weighted by atomic mass is 35.5. The van der Waals surface area contributed by atoms with Gasteiger partial charge in [0.15, 0.2) is 5.65 Å². The molecule has 0 aliphatic carbocycles. The third-order valence-corrected chi connectivity index (χ3v) is 10.4. The molecule has 2 saturated heterocycles. The van der Waals surface area contributed by atoms with Gasteiger partial charge in [-0.15, -0.1) is 0 Å². The highest BCUT2D eigenvalue weighted by molar-refractivity contribution is 6.39. The number of ether oxygens (including phenoxy) is 1. The Balaban J connectivity index is 1.12. The Hall–Kier alpha value is -4.62. The number of rotatable bonds is 10. The second kappa shape index (κ2) is 14.9. The number of amides is 2. The third kappa shape index (κ3) is 7.27. The van der Waals surface area contributed by atoms with E-state index in [0.29, 0.717) is 58.1 Å². The lowest BCUT2D eigenvalue weighted by Crippen LogP contribution is -2.47. The van der Waals surface area contributed by atoms with Crippen LogP contribution in [0.2, 0.25) is 10.0 Å².